The molecule has 2 heteroatoms. The molecule has 1 saturated carbocycles. The predicted octanol–water partition coefficient (Wildman–Crippen LogP) is 1.78. The summed E-state index contributed by atoms with van der Waals surface area (Å²) in [6.07, 6.45) is 8.27. The Kier molecular flexibility index (Phi) is 3.53. The molecule has 0 amide bonds. The first-order valence-electron chi connectivity index (χ1n) is 5.21. The quantitative estimate of drug-likeness (QED) is 0.678. The van der Waals surface area contributed by atoms with Crippen molar-refractivity contribution in [2.45, 2.75) is 63.5 Å². The summed E-state index contributed by atoms with van der Waals surface area (Å²) in [7, 11) is 0. The van der Waals surface area contributed by atoms with Crippen molar-refractivity contribution in [1.82, 2.24) is 0 Å². The van der Waals surface area contributed by atoms with Gasteiger partial charge in [0.1, 0.15) is 0 Å². The van der Waals surface area contributed by atoms with Crippen molar-refractivity contribution in [3.8, 4) is 0 Å². The van der Waals surface area contributed by atoms with Crippen molar-refractivity contribution >= 4 is 0 Å². The molecule has 0 spiro atoms. The zero-order valence-electron chi connectivity index (χ0n) is 8.18. The maximum atomic E-state index is 6.26. The summed E-state index contributed by atoms with van der Waals surface area (Å²) >= 11 is 0. The van der Waals surface area contributed by atoms with Crippen molar-refractivity contribution in [3.63, 3.8) is 0 Å². The Labute approximate surface area is 75.7 Å². The van der Waals surface area contributed by atoms with Crippen LogP contribution in [0.2, 0.25) is 0 Å². The largest absolute Gasteiger partial charge is 0.328 e. The second kappa shape index (κ2) is 4.24. The minimum Gasteiger partial charge on any atom is -0.328 e. The smallest absolute Gasteiger partial charge is 0.0169 e. The van der Waals surface area contributed by atoms with E-state index in [-0.39, 0.29) is 5.54 Å². The fourth-order valence-electron chi connectivity index (χ4n) is 2.20. The number of nitrogens with two attached hydrogens (primary N) is 2. The first kappa shape index (κ1) is 10.0. The van der Waals surface area contributed by atoms with Crippen LogP contribution in [0.15, 0.2) is 0 Å². The van der Waals surface area contributed by atoms with Gasteiger partial charge in [-0.3, -0.25) is 0 Å². The number of hydrogen-bond acceptors (Lipinski definition) is 2. The Morgan fingerprint density at radius 3 is 2.83 bits per heavy atom. The van der Waals surface area contributed by atoms with Gasteiger partial charge in [-0.15, -0.1) is 0 Å². The van der Waals surface area contributed by atoms with E-state index in [4.69, 9.17) is 11.5 Å². The highest BCUT2D eigenvalue weighted by molar-refractivity contribution is 4.91. The van der Waals surface area contributed by atoms with Gasteiger partial charge in [0.2, 0.25) is 0 Å². The van der Waals surface area contributed by atoms with E-state index in [1.165, 1.54) is 32.1 Å². The van der Waals surface area contributed by atoms with Crippen LogP contribution in [0, 0.1) is 0 Å². The molecule has 4 N–H and O–H groups in total. The lowest BCUT2D eigenvalue weighted by Crippen LogP contribution is -2.48. The lowest BCUT2D eigenvalue weighted by Gasteiger charge is -2.36. The van der Waals surface area contributed by atoms with Crippen LogP contribution in [-0.2, 0) is 0 Å². The molecule has 0 aliphatic heterocycles. The zero-order chi connectivity index (χ0) is 9.03. The Morgan fingerprint density at radius 2 is 2.25 bits per heavy atom. The van der Waals surface area contributed by atoms with E-state index < -0.39 is 0 Å². The van der Waals surface area contributed by atoms with E-state index >= 15 is 0 Å². The third-order valence-corrected chi connectivity index (χ3v) is 2.95. The third kappa shape index (κ3) is 2.76. The van der Waals surface area contributed by atoms with Crippen molar-refractivity contribution in [2.24, 2.45) is 11.5 Å². The topological polar surface area (TPSA) is 52.0 Å². The van der Waals surface area contributed by atoms with Crippen molar-refractivity contribution < 1.29 is 0 Å². The first-order valence-corrected chi connectivity index (χ1v) is 5.21. The number of rotatable bonds is 3. The van der Waals surface area contributed by atoms with Crippen LogP contribution in [0.5, 0.6) is 0 Å². The van der Waals surface area contributed by atoms with Crippen LogP contribution in [-0.4, -0.2) is 11.6 Å². The molecular weight excluding hydrogens is 148 g/mol. The molecule has 0 aromatic heterocycles. The maximum absolute atomic E-state index is 6.26. The molecule has 0 heterocycles. The Balaban J connectivity index is 2.35. The average Bonchev–Trinajstić information content (AvgIpc) is 2.01. The average molecular weight is 170 g/mol. The number of hydrogen-bond donors (Lipinski definition) is 2. The predicted molar refractivity (Wildman–Crippen MR) is 52.9 cm³/mol. The summed E-state index contributed by atoms with van der Waals surface area (Å²) in [5.41, 5.74) is 12.2. The third-order valence-electron chi connectivity index (χ3n) is 2.95. The highest BCUT2D eigenvalue weighted by Crippen LogP contribution is 2.29. The molecule has 2 nitrogen and oxygen atoms in total. The van der Waals surface area contributed by atoms with E-state index in [0.29, 0.717) is 6.04 Å². The summed E-state index contributed by atoms with van der Waals surface area (Å²) < 4.78 is 0. The van der Waals surface area contributed by atoms with E-state index in [9.17, 15) is 0 Å². The molecule has 2 atom stereocenters. The van der Waals surface area contributed by atoms with Crippen LogP contribution < -0.4 is 11.5 Å². The summed E-state index contributed by atoms with van der Waals surface area (Å²) in [5, 5.41) is 0. The Bertz CT molecular complexity index is 136. The van der Waals surface area contributed by atoms with Gasteiger partial charge in [-0.25, -0.2) is 0 Å². The van der Waals surface area contributed by atoms with Crippen LogP contribution in [0.4, 0.5) is 0 Å². The fourth-order valence-corrected chi connectivity index (χ4v) is 2.20. The Morgan fingerprint density at radius 1 is 1.50 bits per heavy atom. The summed E-state index contributed by atoms with van der Waals surface area (Å²) in [4.78, 5) is 0. The van der Waals surface area contributed by atoms with E-state index in [1.54, 1.807) is 0 Å². The van der Waals surface area contributed by atoms with Crippen LogP contribution in [0.3, 0.4) is 0 Å². The van der Waals surface area contributed by atoms with Crippen molar-refractivity contribution in [1.29, 1.82) is 0 Å². The highest BCUT2D eigenvalue weighted by atomic mass is 14.8. The van der Waals surface area contributed by atoms with Gasteiger partial charge in [-0.05, 0) is 25.7 Å². The molecule has 0 aromatic carbocycles. The van der Waals surface area contributed by atoms with E-state index in [0.717, 1.165) is 12.8 Å². The van der Waals surface area contributed by atoms with Crippen LogP contribution >= 0.6 is 0 Å². The molecule has 0 radical (unpaired) electrons. The minimum atomic E-state index is 0.0771. The van der Waals surface area contributed by atoms with Gasteiger partial charge in [0.15, 0.2) is 0 Å². The number of unbranched alkanes of at least 4 members (excludes halogenated alkanes) is 1. The normalized spacial score (nSPS) is 36.8. The second-order valence-corrected chi connectivity index (χ2v) is 4.32. The molecule has 0 bridgehead atoms. The van der Waals surface area contributed by atoms with Gasteiger partial charge < -0.3 is 11.5 Å². The highest BCUT2D eigenvalue weighted by Gasteiger charge is 2.30. The molecule has 72 valence electrons. The zero-order valence-corrected chi connectivity index (χ0v) is 8.18. The minimum absolute atomic E-state index is 0.0771. The van der Waals surface area contributed by atoms with Gasteiger partial charge in [0.05, 0.1) is 0 Å². The fraction of sp³-hybridized carbons (Fsp3) is 1.00. The van der Waals surface area contributed by atoms with Gasteiger partial charge in [0, 0.05) is 11.6 Å². The lowest BCUT2D eigenvalue weighted by atomic mass is 9.77. The Hall–Kier alpha value is -0.0800. The van der Waals surface area contributed by atoms with Gasteiger partial charge >= 0.3 is 0 Å². The molecule has 0 saturated heterocycles. The second-order valence-electron chi connectivity index (χ2n) is 4.32. The lowest BCUT2D eigenvalue weighted by molar-refractivity contribution is 0.248. The molecule has 12 heavy (non-hydrogen) atoms. The van der Waals surface area contributed by atoms with E-state index in [2.05, 4.69) is 6.92 Å². The molecule has 1 aliphatic rings. The molecule has 0 aromatic rings. The van der Waals surface area contributed by atoms with Crippen molar-refractivity contribution in [2.75, 3.05) is 0 Å². The molecule has 1 rings (SSSR count). The monoisotopic (exact) mass is 170 g/mol. The summed E-state index contributed by atoms with van der Waals surface area (Å²) in [6, 6.07) is 0.362. The molecule has 1 aliphatic carbocycles. The molecular formula is C10H22N2. The first-order chi connectivity index (χ1) is 5.66. The van der Waals surface area contributed by atoms with Crippen molar-refractivity contribution in [3.05, 3.63) is 0 Å². The van der Waals surface area contributed by atoms with Gasteiger partial charge in [0.25, 0.3) is 0 Å². The van der Waals surface area contributed by atoms with Gasteiger partial charge in [-0.2, -0.15) is 0 Å². The molecule has 2 unspecified atom stereocenters. The molecule has 1 fully saturated rings. The SMILES string of the molecule is CCCCC1(N)CCCC(N)C1. The van der Waals surface area contributed by atoms with Crippen LogP contribution in [0.25, 0.3) is 0 Å². The van der Waals surface area contributed by atoms with Gasteiger partial charge in [-0.1, -0.05) is 26.2 Å². The maximum Gasteiger partial charge on any atom is 0.0169 e. The standard InChI is InChI=1S/C10H22N2/c1-2-3-6-10(12)7-4-5-9(11)8-10/h9H,2-8,11-12H2,1H3. The summed E-state index contributed by atoms with van der Waals surface area (Å²) in [6.45, 7) is 2.21. The summed E-state index contributed by atoms with van der Waals surface area (Å²) in [5.74, 6) is 0. The van der Waals surface area contributed by atoms with Crippen LogP contribution in [0.1, 0.15) is 51.9 Å². The van der Waals surface area contributed by atoms with E-state index in [1.807, 2.05) is 0 Å².